The van der Waals surface area contributed by atoms with E-state index in [2.05, 4.69) is 10.6 Å². The van der Waals surface area contributed by atoms with Crippen LogP contribution in [0.3, 0.4) is 0 Å². The van der Waals surface area contributed by atoms with Crippen molar-refractivity contribution in [2.75, 3.05) is 38.0 Å². The van der Waals surface area contributed by atoms with Gasteiger partial charge >= 0.3 is 18.4 Å². The summed E-state index contributed by atoms with van der Waals surface area (Å²) in [5.74, 6) is -0.227. The third-order valence-corrected chi connectivity index (χ3v) is 7.05. The number of carbonyl (C=O) groups is 2. The third kappa shape index (κ3) is 6.50. The molecule has 2 aromatic carbocycles. The van der Waals surface area contributed by atoms with Crippen LogP contribution < -0.4 is 10.6 Å². The zero-order valence-corrected chi connectivity index (χ0v) is 21.1. The van der Waals surface area contributed by atoms with Crippen molar-refractivity contribution in [3.63, 3.8) is 0 Å². The first kappa shape index (κ1) is 29.6. The first-order chi connectivity index (χ1) is 18.6. The highest BCUT2D eigenvalue weighted by Crippen LogP contribution is 2.50. The van der Waals surface area contributed by atoms with Crippen molar-refractivity contribution < 1.29 is 46.1 Å². The summed E-state index contributed by atoms with van der Waals surface area (Å²) in [6, 6.07) is 9.30. The lowest BCUT2D eigenvalue weighted by Gasteiger charge is -2.35. The Morgan fingerprint density at radius 2 is 1.40 bits per heavy atom. The van der Waals surface area contributed by atoms with Crippen molar-refractivity contribution in [2.45, 2.75) is 42.9 Å². The molecule has 4 rings (SSSR count). The number of piperazine rings is 1. The number of nitrogens with one attached hydrogen (secondary N) is 2. The van der Waals surface area contributed by atoms with E-state index in [4.69, 9.17) is 0 Å². The maximum atomic E-state index is 13.1. The number of nitrogens with zero attached hydrogens (tertiary/aromatic N) is 2. The molecule has 0 radical (unpaired) electrons. The molecule has 0 aromatic heterocycles. The molecular weight excluding hydrogens is 546 g/mol. The van der Waals surface area contributed by atoms with Gasteiger partial charge in [-0.3, -0.25) is 9.69 Å². The fourth-order valence-electron chi connectivity index (χ4n) is 4.33. The molecule has 1 heterocycles. The van der Waals surface area contributed by atoms with Gasteiger partial charge in [0.1, 0.15) is 0 Å². The molecule has 2 aromatic rings. The molecule has 0 unspecified atom stereocenters. The minimum atomic E-state index is -5.94. The van der Waals surface area contributed by atoms with Crippen LogP contribution in [0.4, 0.5) is 36.8 Å². The summed E-state index contributed by atoms with van der Waals surface area (Å²) in [5, 5.41) is 24.5. The summed E-state index contributed by atoms with van der Waals surface area (Å²) in [6.07, 6.45) is -10.6. The van der Waals surface area contributed by atoms with E-state index in [1.54, 1.807) is 29.2 Å². The van der Waals surface area contributed by atoms with Gasteiger partial charge in [-0.2, -0.15) is 26.3 Å². The molecule has 0 atom stereocenters. The van der Waals surface area contributed by atoms with Crippen molar-refractivity contribution in [3.05, 3.63) is 65.2 Å². The number of alkyl halides is 6. The Kier molecular flexibility index (Phi) is 8.07. The van der Waals surface area contributed by atoms with E-state index in [0.717, 1.165) is 12.1 Å². The van der Waals surface area contributed by atoms with Gasteiger partial charge in [-0.25, -0.2) is 4.79 Å². The number of hydrogen-bond acceptors (Lipinski definition) is 5. The normalized spacial score (nSPS) is 17.9. The number of urea groups is 1. The summed E-state index contributed by atoms with van der Waals surface area (Å²) >= 11 is 0. The molecule has 1 aliphatic carbocycles. The Hall–Kier alpha value is -3.36. The van der Waals surface area contributed by atoms with Crippen LogP contribution >= 0.6 is 0 Å². The predicted octanol–water partition coefficient (Wildman–Crippen LogP) is 3.60. The van der Waals surface area contributed by atoms with Gasteiger partial charge in [-0.1, -0.05) is 24.3 Å². The van der Waals surface area contributed by atoms with Crippen molar-refractivity contribution in [3.8, 4) is 0 Å². The van der Waals surface area contributed by atoms with E-state index in [-0.39, 0.29) is 19.0 Å². The van der Waals surface area contributed by atoms with Crippen LogP contribution in [0.5, 0.6) is 0 Å². The Morgan fingerprint density at radius 3 is 1.90 bits per heavy atom. The molecule has 218 valence electrons. The average Bonchev–Trinajstić information content (AvgIpc) is 3.64. The molecule has 1 aliphatic heterocycles. The number of carbonyl (C=O) groups excluding carboxylic acids is 2. The van der Waals surface area contributed by atoms with E-state index < -0.39 is 35.1 Å². The maximum absolute atomic E-state index is 13.1. The van der Waals surface area contributed by atoms with Crippen molar-refractivity contribution in [1.29, 1.82) is 0 Å². The van der Waals surface area contributed by atoms with Gasteiger partial charge in [-0.15, -0.1) is 0 Å². The van der Waals surface area contributed by atoms with Crippen LogP contribution in [0, 0.1) is 0 Å². The lowest BCUT2D eigenvalue weighted by molar-refractivity contribution is -0.376. The molecule has 2 fully saturated rings. The molecule has 1 saturated carbocycles. The molecule has 40 heavy (non-hydrogen) atoms. The van der Waals surface area contributed by atoms with Gasteiger partial charge in [0, 0.05) is 56.1 Å². The molecule has 3 amide bonds. The smallest absolute Gasteiger partial charge is 0.388 e. The summed E-state index contributed by atoms with van der Waals surface area (Å²) in [5.41, 5.74) is -5.77. The van der Waals surface area contributed by atoms with E-state index in [9.17, 15) is 46.1 Å². The lowest BCUT2D eigenvalue weighted by Crippen LogP contribution is -2.53. The van der Waals surface area contributed by atoms with Gasteiger partial charge in [0.2, 0.25) is 0 Å². The van der Waals surface area contributed by atoms with Crippen LogP contribution in [0.1, 0.15) is 34.3 Å². The van der Waals surface area contributed by atoms with E-state index in [1.165, 1.54) is 0 Å². The van der Waals surface area contributed by atoms with Crippen molar-refractivity contribution in [2.24, 2.45) is 0 Å². The number of rotatable bonds is 7. The number of aliphatic hydroxyl groups is 2. The summed E-state index contributed by atoms with van der Waals surface area (Å²) in [6.45, 7) is 1.95. The number of halogens is 6. The average molecular weight is 575 g/mol. The second kappa shape index (κ2) is 10.9. The maximum Gasteiger partial charge on any atom is 0.430 e. The minimum Gasteiger partial charge on any atom is -0.388 e. The third-order valence-electron chi connectivity index (χ3n) is 7.05. The van der Waals surface area contributed by atoms with Crippen LogP contribution in [0.15, 0.2) is 48.5 Å². The molecule has 4 N–H and O–H groups in total. The van der Waals surface area contributed by atoms with Gasteiger partial charge in [0.05, 0.1) is 5.60 Å². The van der Waals surface area contributed by atoms with Gasteiger partial charge in [-0.05, 0) is 42.7 Å². The van der Waals surface area contributed by atoms with E-state index in [1.807, 2.05) is 4.90 Å². The molecule has 0 bridgehead atoms. The molecular formula is C26H28F6N4O4. The first-order valence-corrected chi connectivity index (χ1v) is 12.5. The van der Waals surface area contributed by atoms with Gasteiger partial charge in [0.25, 0.3) is 11.5 Å². The predicted molar refractivity (Wildman–Crippen MR) is 131 cm³/mol. The zero-order chi connectivity index (χ0) is 29.3. The molecule has 8 nitrogen and oxygen atoms in total. The highest BCUT2D eigenvalue weighted by atomic mass is 19.4. The Balaban J connectivity index is 1.27. The largest absolute Gasteiger partial charge is 0.430 e. The first-order valence-electron chi connectivity index (χ1n) is 12.5. The lowest BCUT2D eigenvalue weighted by atomic mass is 9.91. The summed E-state index contributed by atoms with van der Waals surface area (Å²) in [4.78, 5) is 28.4. The van der Waals surface area contributed by atoms with Gasteiger partial charge in [0.15, 0.2) is 0 Å². The van der Waals surface area contributed by atoms with Crippen LogP contribution in [-0.4, -0.2) is 82.6 Å². The number of amides is 3. The summed E-state index contributed by atoms with van der Waals surface area (Å²) < 4.78 is 78.5. The Morgan fingerprint density at radius 1 is 0.850 bits per heavy atom. The number of hydrogen-bond donors (Lipinski definition) is 4. The highest BCUT2D eigenvalue weighted by molar-refractivity contribution is 5.95. The van der Waals surface area contributed by atoms with E-state index in [0.29, 0.717) is 68.0 Å². The quantitative estimate of drug-likeness (QED) is 0.379. The van der Waals surface area contributed by atoms with Crippen LogP contribution in [0.25, 0.3) is 0 Å². The topological polar surface area (TPSA) is 105 Å². The summed E-state index contributed by atoms with van der Waals surface area (Å²) in [7, 11) is 0. The number of anilines is 1. The molecule has 0 spiro atoms. The van der Waals surface area contributed by atoms with Crippen LogP contribution in [0.2, 0.25) is 0 Å². The van der Waals surface area contributed by atoms with Gasteiger partial charge < -0.3 is 25.7 Å². The highest BCUT2D eigenvalue weighted by Gasteiger charge is 2.71. The van der Waals surface area contributed by atoms with Crippen molar-refractivity contribution >= 4 is 17.6 Å². The minimum absolute atomic E-state index is 0.159. The number of benzene rings is 2. The van der Waals surface area contributed by atoms with Crippen LogP contribution in [-0.2, 0) is 12.1 Å². The molecule has 1 saturated heterocycles. The SMILES string of the molecule is O=C(NCC1(O)CC1)Nc1ccc(C(=O)N2CCN(Cc3ccc(C(O)(C(F)(F)F)C(F)(F)F)cc3)CC2)cc1. The molecule has 2 aliphatic rings. The Labute approximate surface area is 225 Å². The molecule has 14 heteroatoms. The zero-order valence-electron chi connectivity index (χ0n) is 21.1. The van der Waals surface area contributed by atoms with Crippen molar-refractivity contribution in [1.82, 2.24) is 15.1 Å². The second-order valence-corrected chi connectivity index (χ2v) is 10.1. The van der Waals surface area contributed by atoms with E-state index >= 15 is 0 Å². The Bertz CT molecular complexity index is 1190. The monoisotopic (exact) mass is 574 g/mol. The fraction of sp³-hybridized carbons (Fsp3) is 0.462. The fourth-order valence-corrected chi connectivity index (χ4v) is 4.33. The second-order valence-electron chi connectivity index (χ2n) is 10.1. The standard InChI is InChI=1S/C26H28F6N4O4/c27-25(28,29)24(40,26(30,31)32)19-5-1-17(2-6-19)15-35-11-13-36(14-12-35)21(37)18-3-7-20(8-4-18)34-22(38)33-16-23(39)9-10-23/h1-8,39-40H,9-16H2,(H2,33,34,38).